The Morgan fingerprint density at radius 2 is 2.53 bits per heavy atom. The molecule has 0 aliphatic carbocycles. The van der Waals surface area contributed by atoms with E-state index < -0.39 is 0 Å². The van der Waals surface area contributed by atoms with Crippen LogP contribution in [0.2, 0.25) is 0 Å². The molecule has 0 spiro atoms. The predicted octanol–water partition coefficient (Wildman–Crippen LogP) is -0.0915. The average molecular weight is 209 g/mol. The van der Waals surface area contributed by atoms with Crippen LogP contribution in [0.25, 0.3) is 0 Å². The van der Waals surface area contributed by atoms with E-state index in [1.165, 1.54) is 6.20 Å². The van der Waals surface area contributed by atoms with Crippen LogP contribution >= 0.6 is 0 Å². The van der Waals surface area contributed by atoms with Crippen LogP contribution in [0.3, 0.4) is 0 Å². The van der Waals surface area contributed by atoms with Gasteiger partial charge in [0, 0.05) is 26.4 Å². The summed E-state index contributed by atoms with van der Waals surface area (Å²) in [4.78, 5) is 11.4. The van der Waals surface area contributed by atoms with Crippen LogP contribution in [0.1, 0.15) is 12.8 Å². The first-order valence-corrected chi connectivity index (χ1v) is 4.95. The monoisotopic (exact) mass is 209 g/mol. The van der Waals surface area contributed by atoms with Crippen molar-refractivity contribution >= 4 is 5.91 Å². The summed E-state index contributed by atoms with van der Waals surface area (Å²) in [5.41, 5.74) is 0.0792. The van der Waals surface area contributed by atoms with Crippen molar-refractivity contribution in [1.29, 1.82) is 5.26 Å². The number of hydrogen-bond donors (Lipinski definition) is 2. The number of carbonyl (C=O) groups is 1. The molecular weight excluding hydrogens is 194 g/mol. The molecule has 1 rings (SSSR count). The maximum atomic E-state index is 11.4. The molecule has 2 N–H and O–H groups in total. The van der Waals surface area contributed by atoms with E-state index in [0.29, 0.717) is 6.54 Å². The number of ether oxygens (including phenoxy) is 1. The van der Waals surface area contributed by atoms with Crippen LogP contribution in [0, 0.1) is 11.3 Å². The molecule has 0 saturated carbocycles. The zero-order valence-electron chi connectivity index (χ0n) is 8.75. The first-order valence-electron chi connectivity index (χ1n) is 4.95. The number of nitriles is 1. The summed E-state index contributed by atoms with van der Waals surface area (Å²) in [5.74, 6) is -0.359. The lowest BCUT2D eigenvalue weighted by molar-refractivity contribution is -0.117. The minimum absolute atomic E-state index is 0.0792. The van der Waals surface area contributed by atoms with E-state index in [0.717, 1.165) is 19.4 Å². The molecule has 0 bridgehead atoms. The Kier molecular flexibility index (Phi) is 4.64. The van der Waals surface area contributed by atoms with Crippen LogP contribution in [-0.2, 0) is 9.53 Å². The van der Waals surface area contributed by atoms with Crippen LogP contribution in [-0.4, -0.2) is 32.2 Å². The maximum Gasteiger partial charge on any atom is 0.263 e. The van der Waals surface area contributed by atoms with Crippen LogP contribution < -0.4 is 10.6 Å². The Morgan fingerprint density at radius 1 is 1.73 bits per heavy atom. The van der Waals surface area contributed by atoms with Gasteiger partial charge in [0.05, 0.1) is 6.10 Å². The number of amides is 1. The van der Waals surface area contributed by atoms with E-state index in [2.05, 4.69) is 10.6 Å². The van der Waals surface area contributed by atoms with E-state index in [1.807, 2.05) is 6.07 Å². The summed E-state index contributed by atoms with van der Waals surface area (Å²) >= 11 is 0. The van der Waals surface area contributed by atoms with Crippen molar-refractivity contribution < 1.29 is 9.53 Å². The Balaban J connectivity index is 2.34. The van der Waals surface area contributed by atoms with Gasteiger partial charge < -0.3 is 15.4 Å². The summed E-state index contributed by atoms with van der Waals surface area (Å²) in [6.45, 7) is 1.24. The molecule has 0 aromatic carbocycles. The van der Waals surface area contributed by atoms with Crippen molar-refractivity contribution in [2.75, 3.05) is 20.2 Å². The van der Waals surface area contributed by atoms with Gasteiger partial charge in [-0.1, -0.05) is 0 Å². The maximum absolute atomic E-state index is 11.4. The van der Waals surface area contributed by atoms with Gasteiger partial charge in [-0.3, -0.25) is 4.79 Å². The number of nitrogens with zero attached hydrogens (tertiary/aromatic N) is 1. The summed E-state index contributed by atoms with van der Waals surface area (Å²) in [6.07, 6.45) is 3.49. The number of carbonyl (C=O) groups excluding carboxylic acids is 1. The lowest BCUT2D eigenvalue weighted by Crippen LogP contribution is -2.32. The van der Waals surface area contributed by atoms with Gasteiger partial charge in [-0.15, -0.1) is 0 Å². The standard InChI is InChI=1S/C10H15N3O2/c1-12-6-8(5-11)10(14)13-7-9-3-2-4-15-9/h6,9,12H,2-4,7H2,1H3,(H,13,14)/b8-6-. The normalized spacial score (nSPS) is 20.8. The molecular formula is C10H15N3O2. The molecule has 15 heavy (non-hydrogen) atoms. The lowest BCUT2D eigenvalue weighted by Gasteiger charge is -2.09. The molecule has 1 aliphatic heterocycles. The van der Waals surface area contributed by atoms with E-state index in [1.54, 1.807) is 7.05 Å². The summed E-state index contributed by atoms with van der Waals surface area (Å²) in [5, 5.41) is 14.0. The molecule has 1 fully saturated rings. The second-order valence-corrected chi connectivity index (χ2v) is 3.30. The summed E-state index contributed by atoms with van der Waals surface area (Å²) < 4.78 is 5.34. The van der Waals surface area contributed by atoms with Gasteiger partial charge in [-0.25, -0.2) is 0 Å². The zero-order chi connectivity index (χ0) is 11.1. The second kappa shape index (κ2) is 6.04. The lowest BCUT2D eigenvalue weighted by atomic mass is 10.2. The van der Waals surface area contributed by atoms with Crippen LogP contribution in [0.5, 0.6) is 0 Å². The van der Waals surface area contributed by atoms with Gasteiger partial charge in [0.25, 0.3) is 5.91 Å². The third-order valence-corrected chi connectivity index (χ3v) is 2.17. The van der Waals surface area contributed by atoms with Gasteiger partial charge in [0.15, 0.2) is 0 Å². The molecule has 0 radical (unpaired) electrons. The molecule has 1 aliphatic rings. The van der Waals surface area contributed by atoms with E-state index in [4.69, 9.17) is 10.00 Å². The molecule has 5 heteroatoms. The first-order chi connectivity index (χ1) is 7.27. The van der Waals surface area contributed by atoms with Crippen molar-refractivity contribution in [1.82, 2.24) is 10.6 Å². The van der Waals surface area contributed by atoms with Gasteiger partial charge >= 0.3 is 0 Å². The van der Waals surface area contributed by atoms with Crippen molar-refractivity contribution in [2.45, 2.75) is 18.9 Å². The molecule has 1 atom stereocenters. The van der Waals surface area contributed by atoms with Crippen molar-refractivity contribution in [2.24, 2.45) is 0 Å². The highest BCUT2D eigenvalue weighted by molar-refractivity contribution is 5.97. The molecule has 1 heterocycles. The minimum atomic E-state index is -0.359. The third-order valence-electron chi connectivity index (χ3n) is 2.17. The fourth-order valence-corrected chi connectivity index (χ4v) is 1.40. The average Bonchev–Trinajstić information content (AvgIpc) is 2.75. The Morgan fingerprint density at radius 3 is 3.07 bits per heavy atom. The van der Waals surface area contributed by atoms with E-state index in [-0.39, 0.29) is 17.6 Å². The highest BCUT2D eigenvalue weighted by Crippen LogP contribution is 2.10. The van der Waals surface area contributed by atoms with Crippen LogP contribution in [0.15, 0.2) is 11.8 Å². The molecule has 82 valence electrons. The highest BCUT2D eigenvalue weighted by atomic mass is 16.5. The van der Waals surface area contributed by atoms with E-state index >= 15 is 0 Å². The first kappa shape index (κ1) is 11.5. The second-order valence-electron chi connectivity index (χ2n) is 3.30. The highest BCUT2D eigenvalue weighted by Gasteiger charge is 2.17. The van der Waals surface area contributed by atoms with Gasteiger partial charge in [-0.05, 0) is 12.8 Å². The molecule has 1 unspecified atom stereocenters. The van der Waals surface area contributed by atoms with E-state index in [9.17, 15) is 4.79 Å². The minimum Gasteiger partial charge on any atom is -0.393 e. The Bertz CT molecular complexity index is 288. The molecule has 1 amide bonds. The number of nitrogens with one attached hydrogen (secondary N) is 2. The smallest absolute Gasteiger partial charge is 0.263 e. The van der Waals surface area contributed by atoms with Crippen molar-refractivity contribution in [3.05, 3.63) is 11.8 Å². The molecule has 0 aromatic rings. The summed E-state index contributed by atoms with van der Waals surface area (Å²) in [6, 6.07) is 1.82. The predicted molar refractivity (Wildman–Crippen MR) is 54.7 cm³/mol. The fourth-order valence-electron chi connectivity index (χ4n) is 1.40. The van der Waals surface area contributed by atoms with Crippen LogP contribution in [0.4, 0.5) is 0 Å². The topological polar surface area (TPSA) is 74.2 Å². The van der Waals surface area contributed by atoms with Gasteiger partial charge in [0.1, 0.15) is 11.6 Å². The largest absolute Gasteiger partial charge is 0.393 e. The van der Waals surface area contributed by atoms with Gasteiger partial charge in [0.2, 0.25) is 0 Å². The zero-order valence-corrected chi connectivity index (χ0v) is 8.75. The third kappa shape index (κ3) is 3.60. The SMILES string of the molecule is CN/C=C(/C#N)C(=O)NCC1CCCO1. The molecule has 0 aromatic heterocycles. The number of rotatable bonds is 4. The summed E-state index contributed by atoms with van der Waals surface area (Å²) in [7, 11) is 1.64. The quantitative estimate of drug-likeness (QED) is 0.501. The number of hydrogen-bond acceptors (Lipinski definition) is 4. The fraction of sp³-hybridized carbons (Fsp3) is 0.600. The van der Waals surface area contributed by atoms with Gasteiger partial charge in [-0.2, -0.15) is 5.26 Å². The Labute approximate surface area is 89.1 Å². The van der Waals surface area contributed by atoms with Crippen molar-refractivity contribution in [3.63, 3.8) is 0 Å². The molecule has 5 nitrogen and oxygen atoms in total. The van der Waals surface area contributed by atoms with Crippen molar-refractivity contribution in [3.8, 4) is 6.07 Å². The Hall–Kier alpha value is -1.54. The molecule has 1 saturated heterocycles.